The van der Waals surface area contributed by atoms with Crippen LogP contribution in [0.5, 0.6) is 5.75 Å². The normalized spacial score (nSPS) is 16.0. The van der Waals surface area contributed by atoms with E-state index in [1.807, 2.05) is 0 Å². The van der Waals surface area contributed by atoms with Crippen molar-refractivity contribution >= 4 is 15.8 Å². The van der Waals surface area contributed by atoms with Gasteiger partial charge in [-0.15, -0.1) is 0 Å². The first-order valence-corrected chi connectivity index (χ1v) is 8.95. The number of aromatic carboxylic acids is 1. The summed E-state index contributed by atoms with van der Waals surface area (Å²) in [6.45, 7) is 0.0987. The average molecular weight is 312 g/mol. The summed E-state index contributed by atoms with van der Waals surface area (Å²) in [4.78, 5) is 10.7. The summed E-state index contributed by atoms with van der Waals surface area (Å²) in [6, 6.07) is 5.94. The van der Waals surface area contributed by atoms with Crippen molar-refractivity contribution in [1.82, 2.24) is 0 Å². The first kappa shape index (κ1) is 15.8. The zero-order valence-corrected chi connectivity index (χ0v) is 12.6. The molecule has 0 bridgehead atoms. The Bertz CT molecular complexity index is 571. The molecule has 2 rings (SSSR count). The van der Waals surface area contributed by atoms with Gasteiger partial charge in [0, 0.05) is 0 Å². The minimum absolute atomic E-state index is 0.00415. The number of benzene rings is 1. The van der Waals surface area contributed by atoms with Crippen LogP contribution < -0.4 is 4.74 Å². The summed E-state index contributed by atoms with van der Waals surface area (Å²) in [5, 5.41) is 8.77. The number of carboxylic acids is 1. The molecule has 0 heterocycles. The molecule has 1 aliphatic rings. The molecule has 0 spiro atoms. The third kappa shape index (κ3) is 5.04. The van der Waals surface area contributed by atoms with Crippen LogP contribution in [0.15, 0.2) is 24.3 Å². The van der Waals surface area contributed by atoms with Crippen LogP contribution in [0.1, 0.15) is 36.0 Å². The van der Waals surface area contributed by atoms with E-state index in [1.165, 1.54) is 24.3 Å². The van der Waals surface area contributed by atoms with Crippen LogP contribution in [0.2, 0.25) is 0 Å². The largest absolute Gasteiger partial charge is 0.493 e. The fourth-order valence-corrected chi connectivity index (χ4v) is 4.16. The van der Waals surface area contributed by atoms with Crippen molar-refractivity contribution < 1.29 is 23.1 Å². The van der Waals surface area contributed by atoms with Crippen molar-refractivity contribution in [1.29, 1.82) is 0 Å². The highest BCUT2D eigenvalue weighted by Gasteiger charge is 2.22. The molecule has 1 aromatic rings. The molecular weight excluding hydrogens is 292 g/mol. The number of ether oxygens (including phenoxy) is 1. The number of sulfone groups is 1. The summed E-state index contributed by atoms with van der Waals surface area (Å²) in [5.41, 5.74) is 0.177. The first-order valence-electron chi connectivity index (χ1n) is 7.13. The van der Waals surface area contributed by atoms with Gasteiger partial charge in [-0.2, -0.15) is 0 Å². The molecule has 6 heteroatoms. The predicted molar refractivity (Wildman–Crippen MR) is 79.5 cm³/mol. The van der Waals surface area contributed by atoms with Crippen molar-refractivity contribution in [2.45, 2.75) is 25.7 Å². The molecule has 1 aliphatic carbocycles. The van der Waals surface area contributed by atoms with Crippen molar-refractivity contribution in [3.63, 3.8) is 0 Å². The van der Waals surface area contributed by atoms with Crippen LogP contribution in [0.3, 0.4) is 0 Å². The van der Waals surface area contributed by atoms with Gasteiger partial charge in [-0.1, -0.05) is 12.8 Å². The van der Waals surface area contributed by atoms with Gasteiger partial charge in [-0.25, -0.2) is 13.2 Å². The standard InChI is InChI=1S/C15H20O5S/c16-15(17)13-5-7-14(8-6-13)20-9-10-21(18,19)11-12-3-1-2-4-12/h5-8,12H,1-4,9-11H2,(H,16,17). The lowest BCUT2D eigenvalue weighted by Gasteiger charge is -2.11. The van der Waals surface area contributed by atoms with Gasteiger partial charge in [-0.05, 0) is 43.0 Å². The molecule has 5 nitrogen and oxygen atoms in total. The number of hydrogen-bond acceptors (Lipinski definition) is 4. The highest BCUT2D eigenvalue weighted by molar-refractivity contribution is 7.91. The van der Waals surface area contributed by atoms with E-state index in [0.717, 1.165) is 25.7 Å². The molecule has 0 unspecified atom stereocenters. The molecule has 21 heavy (non-hydrogen) atoms. The predicted octanol–water partition coefficient (Wildman–Crippen LogP) is 2.37. The Morgan fingerprint density at radius 3 is 2.38 bits per heavy atom. The molecule has 116 valence electrons. The van der Waals surface area contributed by atoms with Gasteiger partial charge in [0.15, 0.2) is 9.84 Å². The second kappa shape index (κ2) is 6.93. The maximum Gasteiger partial charge on any atom is 0.335 e. The maximum absolute atomic E-state index is 12.0. The lowest BCUT2D eigenvalue weighted by Crippen LogP contribution is -2.21. The quantitative estimate of drug-likeness (QED) is 0.836. The third-order valence-corrected chi connectivity index (χ3v) is 5.50. The number of carbonyl (C=O) groups is 1. The van der Waals surface area contributed by atoms with E-state index in [9.17, 15) is 13.2 Å². The van der Waals surface area contributed by atoms with Crippen LogP contribution in [0, 0.1) is 5.92 Å². The van der Waals surface area contributed by atoms with E-state index in [4.69, 9.17) is 9.84 Å². The van der Waals surface area contributed by atoms with Crippen LogP contribution in [0.4, 0.5) is 0 Å². The Kier molecular flexibility index (Phi) is 5.22. The monoisotopic (exact) mass is 312 g/mol. The number of hydrogen-bond donors (Lipinski definition) is 1. The summed E-state index contributed by atoms with van der Waals surface area (Å²) in [6.07, 6.45) is 4.28. The van der Waals surface area contributed by atoms with Gasteiger partial charge in [0.05, 0.1) is 17.1 Å². The third-order valence-electron chi connectivity index (χ3n) is 3.73. The fourth-order valence-electron chi connectivity index (χ4n) is 2.60. The van der Waals surface area contributed by atoms with Gasteiger partial charge in [-0.3, -0.25) is 0 Å². The molecule has 0 atom stereocenters. The van der Waals surface area contributed by atoms with Gasteiger partial charge >= 0.3 is 5.97 Å². The molecule has 0 saturated heterocycles. The molecule has 0 amide bonds. The van der Waals surface area contributed by atoms with Crippen LogP contribution in [-0.2, 0) is 9.84 Å². The number of rotatable bonds is 7. The van der Waals surface area contributed by atoms with Gasteiger partial charge in [0.25, 0.3) is 0 Å². The SMILES string of the molecule is O=C(O)c1ccc(OCCS(=O)(=O)CC2CCCC2)cc1. The van der Waals surface area contributed by atoms with E-state index < -0.39 is 15.8 Å². The minimum atomic E-state index is -3.08. The van der Waals surface area contributed by atoms with Crippen molar-refractivity contribution in [2.24, 2.45) is 5.92 Å². The zero-order valence-electron chi connectivity index (χ0n) is 11.8. The highest BCUT2D eigenvalue weighted by Crippen LogP contribution is 2.26. The summed E-state index contributed by atoms with van der Waals surface area (Å²) < 4.78 is 29.3. The summed E-state index contributed by atoms with van der Waals surface area (Å²) >= 11 is 0. The van der Waals surface area contributed by atoms with Crippen molar-refractivity contribution in [3.8, 4) is 5.75 Å². The zero-order chi connectivity index (χ0) is 15.3. The minimum Gasteiger partial charge on any atom is -0.493 e. The topological polar surface area (TPSA) is 80.7 Å². The van der Waals surface area contributed by atoms with E-state index in [2.05, 4.69) is 0 Å². The molecular formula is C15H20O5S. The highest BCUT2D eigenvalue weighted by atomic mass is 32.2. The van der Waals surface area contributed by atoms with E-state index in [0.29, 0.717) is 11.7 Å². The summed E-state index contributed by atoms with van der Waals surface area (Å²) in [7, 11) is -3.08. The Morgan fingerprint density at radius 2 is 1.81 bits per heavy atom. The van der Waals surface area contributed by atoms with Gasteiger partial charge in [0.2, 0.25) is 0 Å². The van der Waals surface area contributed by atoms with Crippen LogP contribution in [-0.4, -0.2) is 37.6 Å². The van der Waals surface area contributed by atoms with Crippen LogP contribution in [0.25, 0.3) is 0 Å². The van der Waals surface area contributed by atoms with Crippen molar-refractivity contribution in [2.75, 3.05) is 18.1 Å². The molecule has 1 aromatic carbocycles. The Balaban J connectivity index is 1.78. The molecule has 1 N–H and O–H groups in total. The Morgan fingerprint density at radius 1 is 1.19 bits per heavy atom. The van der Waals surface area contributed by atoms with Gasteiger partial charge in [0.1, 0.15) is 12.4 Å². The van der Waals surface area contributed by atoms with Gasteiger partial charge < -0.3 is 9.84 Å². The van der Waals surface area contributed by atoms with E-state index in [1.54, 1.807) is 0 Å². The number of carboxylic acid groups (broad SMARTS) is 1. The molecule has 0 aliphatic heterocycles. The lowest BCUT2D eigenvalue weighted by atomic mass is 10.1. The van der Waals surface area contributed by atoms with E-state index in [-0.39, 0.29) is 23.7 Å². The van der Waals surface area contributed by atoms with Crippen LogP contribution >= 0.6 is 0 Å². The summed E-state index contributed by atoms with van der Waals surface area (Å²) in [5.74, 6) is 0.0556. The first-order chi connectivity index (χ1) is 9.96. The average Bonchev–Trinajstić information content (AvgIpc) is 2.91. The second-order valence-electron chi connectivity index (χ2n) is 5.44. The second-order valence-corrected chi connectivity index (χ2v) is 7.67. The maximum atomic E-state index is 12.0. The molecule has 1 saturated carbocycles. The smallest absolute Gasteiger partial charge is 0.335 e. The molecule has 0 aromatic heterocycles. The molecule has 0 radical (unpaired) electrons. The Labute approximate surface area is 124 Å². The van der Waals surface area contributed by atoms with Crippen molar-refractivity contribution in [3.05, 3.63) is 29.8 Å². The fraction of sp³-hybridized carbons (Fsp3) is 0.533. The lowest BCUT2D eigenvalue weighted by molar-refractivity contribution is 0.0697. The Hall–Kier alpha value is -1.56. The van der Waals surface area contributed by atoms with E-state index >= 15 is 0 Å². The molecule has 1 fully saturated rings.